The number of hydrogen-bond donors (Lipinski definition) is 0. The Bertz CT molecular complexity index is 3170. The van der Waals surface area contributed by atoms with E-state index in [4.69, 9.17) is 0 Å². The third kappa shape index (κ3) is 5.19. The highest BCUT2D eigenvalue weighted by Crippen LogP contribution is 2.64. The van der Waals surface area contributed by atoms with Gasteiger partial charge in [0.25, 0.3) is 0 Å². The maximum absolute atomic E-state index is 2.49. The Morgan fingerprint density at radius 3 is 1.28 bits per heavy atom. The second-order valence-electron chi connectivity index (χ2n) is 16.9. The lowest BCUT2D eigenvalue weighted by atomic mass is 9.66. The van der Waals surface area contributed by atoms with Crippen molar-refractivity contribution in [1.29, 1.82) is 0 Å². The number of hydrogen-bond acceptors (Lipinski definition) is 0. The van der Waals surface area contributed by atoms with Gasteiger partial charge in [0.2, 0.25) is 0 Å². The molecule has 0 saturated heterocycles. The lowest BCUT2D eigenvalue weighted by Crippen LogP contribution is -2.27. The van der Waals surface area contributed by atoms with Gasteiger partial charge in [0.05, 0.1) is 5.41 Å². The first-order valence-electron chi connectivity index (χ1n) is 21.4. The van der Waals surface area contributed by atoms with Gasteiger partial charge < -0.3 is 0 Å². The molecule has 0 bridgehead atoms. The summed E-state index contributed by atoms with van der Waals surface area (Å²) in [7, 11) is 0. The van der Waals surface area contributed by atoms with Gasteiger partial charge in [0, 0.05) is 5.41 Å². The lowest BCUT2D eigenvalue weighted by Gasteiger charge is -2.35. The summed E-state index contributed by atoms with van der Waals surface area (Å²) >= 11 is 0. The van der Waals surface area contributed by atoms with Crippen molar-refractivity contribution >= 4 is 10.8 Å². The van der Waals surface area contributed by atoms with Crippen molar-refractivity contribution in [3.05, 3.63) is 276 Å². The van der Waals surface area contributed by atoms with E-state index in [9.17, 15) is 0 Å². The van der Waals surface area contributed by atoms with Crippen LogP contribution in [0.5, 0.6) is 0 Å². The van der Waals surface area contributed by atoms with Crippen LogP contribution in [-0.4, -0.2) is 0 Å². The summed E-state index contributed by atoms with van der Waals surface area (Å²) in [6.07, 6.45) is 0. The highest BCUT2D eigenvalue weighted by Gasteiger charge is 2.52. The third-order valence-corrected chi connectivity index (χ3v) is 13.9. The molecule has 1 unspecified atom stereocenters. The molecular formula is C61H42. The van der Waals surface area contributed by atoms with Crippen molar-refractivity contribution in [2.45, 2.75) is 17.8 Å². The van der Waals surface area contributed by atoms with E-state index in [0.717, 1.165) is 0 Å². The molecule has 2 aliphatic rings. The predicted octanol–water partition coefficient (Wildman–Crippen LogP) is 15.5. The molecule has 0 heterocycles. The van der Waals surface area contributed by atoms with Crippen LogP contribution in [0.2, 0.25) is 0 Å². The summed E-state index contributed by atoms with van der Waals surface area (Å²) in [5.74, 6) is 0. The minimum Gasteiger partial charge on any atom is -0.0622 e. The van der Waals surface area contributed by atoms with Gasteiger partial charge in [0.15, 0.2) is 0 Å². The van der Waals surface area contributed by atoms with Crippen LogP contribution in [0.4, 0.5) is 0 Å². The lowest BCUT2D eigenvalue weighted by molar-refractivity contribution is 0.699. The summed E-state index contributed by atoms with van der Waals surface area (Å²) in [5.41, 5.74) is 20.9. The molecule has 0 aromatic heterocycles. The van der Waals surface area contributed by atoms with E-state index >= 15 is 0 Å². The Kier molecular flexibility index (Phi) is 7.99. The molecule has 0 aliphatic heterocycles. The zero-order chi connectivity index (χ0) is 40.5. The zero-order valence-electron chi connectivity index (χ0n) is 34.0. The molecule has 10 aromatic rings. The average Bonchev–Trinajstić information content (AvgIpc) is 3.82. The molecule has 2 aliphatic carbocycles. The molecule has 0 N–H and O–H groups in total. The van der Waals surface area contributed by atoms with Gasteiger partial charge in [-0.25, -0.2) is 0 Å². The average molecular weight is 775 g/mol. The first-order valence-corrected chi connectivity index (χ1v) is 21.4. The van der Waals surface area contributed by atoms with Crippen LogP contribution in [0, 0.1) is 0 Å². The van der Waals surface area contributed by atoms with Crippen LogP contribution >= 0.6 is 0 Å². The Hall–Kier alpha value is -7.54. The fourth-order valence-corrected chi connectivity index (χ4v) is 11.0. The van der Waals surface area contributed by atoms with Gasteiger partial charge >= 0.3 is 0 Å². The van der Waals surface area contributed by atoms with E-state index in [1.807, 2.05) is 0 Å². The summed E-state index contributed by atoms with van der Waals surface area (Å²) in [4.78, 5) is 0. The molecule has 0 fully saturated rings. The fourth-order valence-electron chi connectivity index (χ4n) is 11.0. The van der Waals surface area contributed by atoms with Crippen LogP contribution < -0.4 is 0 Å². The maximum atomic E-state index is 2.49. The highest BCUT2D eigenvalue weighted by atomic mass is 14.5. The van der Waals surface area contributed by atoms with Crippen LogP contribution in [-0.2, 0) is 10.8 Å². The first kappa shape index (κ1) is 35.4. The van der Waals surface area contributed by atoms with E-state index in [2.05, 4.69) is 244 Å². The van der Waals surface area contributed by atoms with E-state index in [1.165, 1.54) is 105 Å². The Labute approximate surface area is 358 Å². The molecule has 0 nitrogen and oxygen atoms in total. The summed E-state index contributed by atoms with van der Waals surface area (Å²) in [6, 6.07) is 88.3. The van der Waals surface area contributed by atoms with Gasteiger partial charge in [-0.2, -0.15) is 0 Å². The number of rotatable bonds is 6. The van der Waals surface area contributed by atoms with Gasteiger partial charge in [-0.05, 0) is 118 Å². The van der Waals surface area contributed by atoms with Crippen molar-refractivity contribution in [1.82, 2.24) is 0 Å². The first-order chi connectivity index (χ1) is 30.1. The largest absolute Gasteiger partial charge is 0.0731 e. The summed E-state index contributed by atoms with van der Waals surface area (Å²) in [5, 5.41) is 2.58. The van der Waals surface area contributed by atoms with E-state index in [1.54, 1.807) is 0 Å². The molecule has 0 saturated carbocycles. The van der Waals surface area contributed by atoms with Gasteiger partial charge in [-0.15, -0.1) is 0 Å². The molecule has 0 heteroatoms. The van der Waals surface area contributed by atoms with Crippen LogP contribution in [0.25, 0.3) is 66.4 Å². The second kappa shape index (κ2) is 13.8. The van der Waals surface area contributed by atoms with Crippen LogP contribution in [0.15, 0.2) is 237 Å². The van der Waals surface area contributed by atoms with Crippen molar-refractivity contribution < 1.29 is 0 Å². The standard InChI is InChI=1S/C61H42/c1-60(47-33-28-44(29-34-47)41-16-5-2-6-17-41,48-35-30-45(31-36-48)42-18-7-3-8-19-42)55-27-15-24-53-52(55)38-39-54-50-23-12-14-26-57(50)61(59(53)54)56-25-13-11-22-49(56)51-37-32-46(40-58(51)61)43-20-9-4-10-21-43/h2-40H,1H3. The fraction of sp³-hybridized carbons (Fsp3) is 0.0492. The van der Waals surface area contributed by atoms with Crippen molar-refractivity contribution in [3.63, 3.8) is 0 Å². The van der Waals surface area contributed by atoms with E-state index < -0.39 is 10.8 Å². The minimum atomic E-state index is -0.494. The Morgan fingerprint density at radius 1 is 0.295 bits per heavy atom. The smallest absolute Gasteiger partial charge is 0.0622 e. The Balaban J connectivity index is 1.13. The van der Waals surface area contributed by atoms with E-state index in [-0.39, 0.29) is 0 Å². The van der Waals surface area contributed by atoms with Crippen LogP contribution in [0.1, 0.15) is 45.9 Å². The summed E-state index contributed by atoms with van der Waals surface area (Å²) < 4.78 is 0. The predicted molar refractivity (Wildman–Crippen MR) is 255 cm³/mol. The number of fused-ring (bicyclic) bond motifs is 12. The third-order valence-electron chi connectivity index (χ3n) is 13.9. The van der Waals surface area contributed by atoms with Crippen molar-refractivity contribution in [2.75, 3.05) is 0 Å². The van der Waals surface area contributed by atoms with Gasteiger partial charge in [-0.1, -0.05) is 231 Å². The van der Waals surface area contributed by atoms with E-state index in [0.29, 0.717) is 0 Å². The Morgan fingerprint density at radius 2 is 0.721 bits per heavy atom. The van der Waals surface area contributed by atoms with Crippen molar-refractivity contribution in [2.24, 2.45) is 0 Å². The normalized spacial score (nSPS) is 14.7. The molecule has 10 aromatic carbocycles. The molecule has 0 amide bonds. The minimum absolute atomic E-state index is 0.483. The highest BCUT2D eigenvalue weighted by molar-refractivity contribution is 6.05. The maximum Gasteiger partial charge on any atom is 0.0731 e. The monoisotopic (exact) mass is 774 g/mol. The quantitative estimate of drug-likeness (QED) is 0.148. The molecular weight excluding hydrogens is 733 g/mol. The number of benzene rings is 10. The SMILES string of the molecule is CC(c1ccc(-c2ccccc2)cc1)(c1ccc(-c2ccccc2)cc1)c1cccc2c3c(ccc12)-c1ccccc1C31c2ccccc2-c2ccc(-c3ccccc3)cc21. The van der Waals surface area contributed by atoms with Crippen LogP contribution in [0.3, 0.4) is 0 Å². The molecule has 286 valence electrons. The molecule has 0 radical (unpaired) electrons. The molecule has 1 spiro atoms. The topological polar surface area (TPSA) is 0 Å². The molecule has 61 heavy (non-hydrogen) atoms. The van der Waals surface area contributed by atoms with Crippen molar-refractivity contribution in [3.8, 4) is 55.6 Å². The summed E-state index contributed by atoms with van der Waals surface area (Å²) in [6.45, 7) is 2.43. The molecule has 12 rings (SSSR count). The second-order valence-corrected chi connectivity index (χ2v) is 16.9. The van der Waals surface area contributed by atoms with Gasteiger partial charge in [0.1, 0.15) is 0 Å². The van der Waals surface area contributed by atoms with Gasteiger partial charge in [-0.3, -0.25) is 0 Å². The zero-order valence-corrected chi connectivity index (χ0v) is 34.0. The molecule has 1 atom stereocenters.